The predicted molar refractivity (Wildman–Crippen MR) is 163 cm³/mol. The molecule has 0 saturated carbocycles. The quantitative estimate of drug-likeness (QED) is 0.135. The molecule has 8 nitrogen and oxygen atoms in total. The molecule has 1 aliphatic rings. The molecule has 0 fully saturated rings. The number of allylic oxidation sites excluding steroid dienone is 4. The van der Waals surface area contributed by atoms with Crippen LogP contribution in [0.3, 0.4) is 0 Å². The van der Waals surface area contributed by atoms with Gasteiger partial charge >= 0.3 is 14.2 Å². The molecule has 1 unspecified atom stereocenters. The third-order valence-corrected chi connectivity index (χ3v) is 8.44. The van der Waals surface area contributed by atoms with E-state index in [1.807, 2.05) is 33.8 Å². The Balaban J connectivity index is 3.27. The zero-order valence-electron chi connectivity index (χ0n) is 25.5. The van der Waals surface area contributed by atoms with Gasteiger partial charge in [0.25, 0.3) is 0 Å². The van der Waals surface area contributed by atoms with Gasteiger partial charge in [-0.1, -0.05) is 96.7 Å². The Labute approximate surface area is 247 Å². The summed E-state index contributed by atoms with van der Waals surface area (Å²) in [6.45, 7) is 15.3. The molecule has 0 saturated heterocycles. The molecule has 1 aliphatic heterocycles. The van der Waals surface area contributed by atoms with Crippen molar-refractivity contribution in [1.29, 1.82) is 0 Å². The van der Waals surface area contributed by atoms with E-state index in [4.69, 9.17) is 9.26 Å². The minimum absolute atomic E-state index is 0.0359. The highest BCUT2D eigenvalue weighted by Crippen LogP contribution is 2.29. The number of ether oxygens (including phenoxy) is 1. The van der Waals surface area contributed by atoms with Crippen molar-refractivity contribution < 1.29 is 38.8 Å². The maximum absolute atomic E-state index is 12.7. The molecule has 0 aromatic carbocycles. The maximum Gasteiger partial charge on any atom is 0.695 e. The van der Waals surface area contributed by atoms with Crippen molar-refractivity contribution in [2.24, 2.45) is 35.5 Å². The molecule has 0 spiro atoms. The fraction of sp³-hybridized carbons (Fsp3) is 0.656. The molecule has 0 amide bonds. The average Bonchev–Trinajstić information content (AvgIpc) is 2.92. The zero-order valence-corrected chi connectivity index (χ0v) is 26.3. The van der Waals surface area contributed by atoms with E-state index in [1.54, 1.807) is 43.4 Å². The first-order valence-electron chi connectivity index (χ1n) is 14.7. The number of aliphatic hydroxyl groups excluding tert-OH is 3. The van der Waals surface area contributed by atoms with Gasteiger partial charge in [0.05, 0.1) is 18.3 Å². The highest BCUT2D eigenvalue weighted by molar-refractivity contribution is 7.32. The molecule has 12 atom stereocenters. The lowest BCUT2D eigenvalue weighted by Crippen LogP contribution is -2.37. The largest absolute Gasteiger partial charge is 0.695 e. The Hall–Kier alpha value is -1.93. The van der Waals surface area contributed by atoms with Crippen LogP contribution in [0.15, 0.2) is 61.3 Å². The number of esters is 1. The van der Waals surface area contributed by atoms with Crippen molar-refractivity contribution in [3.63, 3.8) is 0 Å². The van der Waals surface area contributed by atoms with Crippen LogP contribution in [0.5, 0.6) is 0 Å². The standard InChI is InChI=1S/C32H51O8P/c1-8-9-12-24(5)32-26(7)28(33)18-15-21(2)19-25(6)31(36)23(4)16-17-27(40-41(37)38)20-29(34)22(3)13-10-11-14-30(35)39-32/h8-14,16-17,21-29,31-34,36H,1,15,18-20H2,2-7H3/p+1/b12-9-,13-10+,14-11-,17-16-/t21-,22+,23-,24-,25-,26-,27+,28+,29-,31-,32-/m0/s1. The fourth-order valence-corrected chi connectivity index (χ4v) is 5.61. The predicted octanol–water partition coefficient (Wildman–Crippen LogP) is 5.82. The van der Waals surface area contributed by atoms with Gasteiger partial charge in [0.2, 0.25) is 0 Å². The minimum Gasteiger partial charge on any atom is -0.458 e. The van der Waals surface area contributed by atoms with Gasteiger partial charge in [-0.05, 0) is 31.1 Å². The molecule has 0 radical (unpaired) electrons. The highest BCUT2D eigenvalue weighted by atomic mass is 31.1. The van der Waals surface area contributed by atoms with Crippen LogP contribution >= 0.6 is 8.25 Å². The molecular weight excluding hydrogens is 543 g/mol. The number of hydrogen-bond donors (Lipinski definition) is 4. The van der Waals surface area contributed by atoms with Gasteiger partial charge in [0.15, 0.2) is 0 Å². The first-order chi connectivity index (χ1) is 19.3. The second-order valence-corrected chi connectivity index (χ2v) is 12.4. The molecule has 41 heavy (non-hydrogen) atoms. The lowest BCUT2D eigenvalue weighted by atomic mass is 9.82. The second-order valence-electron chi connectivity index (χ2n) is 11.7. The summed E-state index contributed by atoms with van der Waals surface area (Å²) in [7, 11) is -2.89. The van der Waals surface area contributed by atoms with E-state index >= 15 is 0 Å². The number of cyclic esters (lactones) is 1. The first kappa shape index (κ1) is 37.1. The number of hydrogen-bond acceptors (Lipinski definition) is 7. The topological polar surface area (TPSA) is 134 Å². The van der Waals surface area contributed by atoms with Gasteiger partial charge < -0.3 is 20.1 Å². The van der Waals surface area contributed by atoms with E-state index in [2.05, 4.69) is 13.5 Å². The molecule has 4 N–H and O–H groups in total. The van der Waals surface area contributed by atoms with Gasteiger partial charge in [0, 0.05) is 40.7 Å². The Bertz CT molecular complexity index is 929. The minimum atomic E-state index is -2.89. The molecule has 0 bridgehead atoms. The average molecular weight is 596 g/mol. The Morgan fingerprint density at radius 3 is 2.32 bits per heavy atom. The van der Waals surface area contributed by atoms with Gasteiger partial charge in [-0.3, -0.25) is 0 Å². The molecule has 232 valence electrons. The third kappa shape index (κ3) is 14.2. The van der Waals surface area contributed by atoms with E-state index in [-0.39, 0.29) is 41.9 Å². The summed E-state index contributed by atoms with van der Waals surface area (Å²) in [6.07, 6.45) is 13.4. The first-order valence-corrected chi connectivity index (χ1v) is 15.8. The van der Waals surface area contributed by atoms with Gasteiger partial charge in [-0.25, -0.2) is 4.79 Å². The van der Waals surface area contributed by atoms with Crippen molar-refractivity contribution in [1.82, 2.24) is 0 Å². The normalized spacial score (nSPS) is 39.0. The summed E-state index contributed by atoms with van der Waals surface area (Å²) in [5, 5.41) is 32.7. The smallest absolute Gasteiger partial charge is 0.458 e. The van der Waals surface area contributed by atoms with Crippen molar-refractivity contribution in [2.45, 2.75) is 97.7 Å². The van der Waals surface area contributed by atoms with Crippen LogP contribution in [0.25, 0.3) is 0 Å². The van der Waals surface area contributed by atoms with Crippen LogP contribution in [0, 0.1) is 35.5 Å². The summed E-state index contributed by atoms with van der Waals surface area (Å²) < 4.78 is 22.3. The van der Waals surface area contributed by atoms with E-state index in [0.717, 1.165) is 12.8 Å². The summed E-state index contributed by atoms with van der Waals surface area (Å²) in [4.78, 5) is 22.0. The van der Waals surface area contributed by atoms with Crippen molar-refractivity contribution >= 4 is 14.2 Å². The number of rotatable bonds is 5. The Morgan fingerprint density at radius 1 is 1.00 bits per heavy atom. The monoisotopic (exact) mass is 595 g/mol. The summed E-state index contributed by atoms with van der Waals surface area (Å²) in [5.41, 5.74) is 0. The van der Waals surface area contributed by atoms with Crippen molar-refractivity contribution in [3.8, 4) is 0 Å². The van der Waals surface area contributed by atoms with E-state index in [9.17, 15) is 29.6 Å². The van der Waals surface area contributed by atoms with E-state index in [0.29, 0.717) is 6.42 Å². The lowest BCUT2D eigenvalue weighted by molar-refractivity contribution is -0.150. The third-order valence-electron chi connectivity index (χ3n) is 7.99. The molecule has 9 heteroatoms. The highest BCUT2D eigenvalue weighted by Gasteiger charge is 2.31. The second kappa shape index (κ2) is 19.3. The van der Waals surface area contributed by atoms with Gasteiger partial charge in [0.1, 0.15) is 12.2 Å². The molecule has 1 heterocycles. The molecule has 1 rings (SSSR count). The van der Waals surface area contributed by atoms with Crippen LogP contribution in [0.4, 0.5) is 0 Å². The zero-order chi connectivity index (χ0) is 31.1. The fourth-order valence-electron chi connectivity index (χ4n) is 5.22. The Morgan fingerprint density at radius 2 is 1.68 bits per heavy atom. The lowest BCUT2D eigenvalue weighted by Gasteiger charge is -2.31. The summed E-state index contributed by atoms with van der Waals surface area (Å²) in [6, 6.07) is 0. The van der Waals surface area contributed by atoms with Crippen LogP contribution in [0.1, 0.15) is 67.2 Å². The Kier molecular flexibility index (Phi) is 17.5. The van der Waals surface area contributed by atoms with E-state index < -0.39 is 44.7 Å². The number of carbonyl (C=O) groups excluding carboxylic acids is 1. The van der Waals surface area contributed by atoms with Gasteiger partial charge in [-0.15, -0.1) is 9.42 Å². The van der Waals surface area contributed by atoms with Crippen LogP contribution in [-0.2, 0) is 18.6 Å². The summed E-state index contributed by atoms with van der Waals surface area (Å²) >= 11 is 0. The SMILES string of the molecule is C=C/C=C\[C@H](C)[C@@H]1OC(=O)/C=C\C=C\[C@@H](C)[C@@H](O)C[C@H](O[P+](=O)O)/C=C\[C@H](C)[C@H](O)[C@@H](C)C[C@@H](C)CC[C@@H](O)[C@@H]1C. The van der Waals surface area contributed by atoms with Crippen molar-refractivity contribution in [3.05, 3.63) is 61.3 Å². The van der Waals surface area contributed by atoms with Crippen LogP contribution in [0.2, 0.25) is 0 Å². The van der Waals surface area contributed by atoms with Crippen LogP contribution in [-0.4, -0.2) is 56.7 Å². The number of carbonyl (C=O) groups is 1. The van der Waals surface area contributed by atoms with Gasteiger partial charge in [-0.2, -0.15) is 0 Å². The molecule has 0 aromatic rings. The van der Waals surface area contributed by atoms with Crippen LogP contribution < -0.4 is 0 Å². The summed E-state index contributed by atoms with van der Waals surface area (Å²) in [5.74, 6) is -1.41. The van der Waals surface area contributed by atoms with Crippen molar-refractivity contribution in [2.75, 3.05) is 0 Å². The maximum atomic E-state index is 12.7. The number of aliphatic hydroxyl groups is 3. The molecule has 0 aromatic heterocycles. The molecular formula is C32H52O8P+. The molecule has 0 aliphatic carbocycles. The van der Waals surface area contributed by atoms with E-state index in [1.165, 1.54) is 12.2 Å².